The molecule has 0 atom stereocenters. The molecule has 0 aliphatic carbocycles. The molecule has 0 spiro atoms. The van der Waals surface area contributed by atoms with Crippen LogP contribution < -0.4 is 0 Å². The van der Waals surface area contributed by atoms with Gasteiger partial charge in [0.25, 0.3) is 0 Å². The van der Waals surface area contributed by atoms with Crippen molar-refractivity contribution in [3.8, 4) is 11.4 Å². The van der Waals surface area contributed by atoms with E-state index >= 15 is 0 Å². The van der Waals surface area contributed by atoms with Crippen LogP contribution in [0.3, 0.4) is 0 Å². The molecule has 2 heteroatoms. The SMILES string of the molecule is Cc1ccccc1/C=C(\Cc1cc(-n2c(C(C)(C)C)cc3ccccc32)cc(-n2c(C(C)(C)C)cc3ccccc32)c1)C(C)(C)C. The van der Waals surface area contributed by atoms with E-state index in [4.69, 9.17) is 0 Å². The van der Waals surface area contributed by atoms with Crippen molar-refractivity contribution < 1.29 is 0 Å². The van der Waals surface area contributed by atoms with Gasteiger partial charge in [-0.2, -0.15) is 0 Å². The minimum absolute atomic E-state index is 0.00584. The number of nitrogens with zero attached hydrogens (tertiary/aromatic N) is 2. The zero-order valence-electron chi connectivity index (χ0n) is 29.5. The van der Waals surface area contributed by atoms with Gasteiger partial charge >= 0.3 is 0 Å². The maximum Gasteiger partial charge on any atom is 0.0531 e. The average Bonchev–Trinajstić information content (AvgIpc) is 3.57. The standard InChI is InChI=1S/C44H50N2/c1-30-17-11-12-18-32(30)26-35(42(2,3)4)23-31-24-36(45-38-21-15-13-19-33(38)27-40(45)43(5,6)7)29-37(25-31)46-39-22-16-14-20-34(39)28-41(46)44(8,9)10/h11-22,24-29H,23H2,1-10H3/b35-26+. The molecule has 2 nitrogen and oxygen atoms in total. The topological polar surface area (TPSA) is 9.86 Å². The molecule has 0 unspecified atom stereocenters. The molecular weight excluding hydrogens is 556 g/mol. The molecule has 0 aliphatic heterocycles. The Morgan fingerprint density at radius 1 is 0.565 bits per heavy atom. The zero-order valence-corrected chi connectivity index (χ0v) is 29.5. The summed E-state index contributed by atoms with van der Waals surface area (Å²) in [6, 6.07) is 38.4. The van der Waals surface area contributed by atoms with Crippen LogP contribution in [0.25, 0.3) is 39.3 Å². The van der Waals surface area contributed by atoms with Crippen molar-refractivity contribution >= 4 is 27.9 Å². The van der Waals surface area contributed by atoms with Gasteiger partial charge in [-0.05, 0) is 77.9 Å². The van der Waals surface area contributed by atoms with E-state index in [1.807, 2.05) is 0 Å². The Labute approximate surface area is 276 Å². The Balaban J connectivity index is 1.66. The monoisotopic (exact) mass is 606 g/mol. The highest BCUT2D eigenvalue weighted by Crippen LogP contribution is 2.38. The minimum Gasteiger partial charge on any atom is -0.313 e. The molecule has 4 aromatic carbocycles. The Bertz CT molecular complexity index is 1960. The summed E-state index contributed by atoms with van der Waals surface area (Å²) in [6.45, 7) is 23.2. The number of hydrogen-bond donors (Lipinski definition) is 0. The Hall–Kier alpha value is -4.30. The van der Waals surface area contributed by atoms with Gasteiger partial charge in [-0.1, -0.05) is 135 Å². The van der Waals surface area contributed by atoms with E-state index in [0.717, 1.165) is 6.42 Å². The number of aryl methyl sites for hydroxylation is 1. The lowest BCUT2D eigenvalue weighted by molar-refractivity contribution is 0.495. The van der Waals surface area contributed by atoms with Crippen LogP contribution in [-0.4, -0.2) is 9.13 Å². The molecule has 0 saturated carbocycles. The number of benzene rings is 4. The summed E-state index contributed by atoms with van der Waals surface area (Å²) in [6.07, 6.45) is 3.30. The summed E-state index contributed by atoms with van der Waals surface area (Å²) >= 11 is 0. The number of allylic oxidation sites excluding steroid dienone is 1. The molecule has 2 aromatic heterocycles. The highest BCUT2D eigenvalue weighted by molar-refractivity contribution is 5.86. The molecule has 236 valence electrons. The molecule has 2 heterocycles. The number of rotatable bonds is 5. The fraction of sp³-hybridized carbons (Fsp3) is 0.318. The van der Waals surface area contributed by atoms with E-state index in [1.165, 1.54) is 66.8 Å². The first-order valence-electron chi connectivity index (χ1n) is 16.7. The van der Waals surface area contributed by atoms with E-state index in [1.54, 1.807) is 0 Å². The van der Waals surface area contributed by atoms with E-state index in [2.05, 4.69) is 188 Å². The van der Waals surface area contributed by atoms with Gasteiger partial charge in [-0.15, -0.1) is 0 Å². The van der Waals surface area contributed by atoms with Crippen molar-refractivity contribution in [3.05, 3.63) is 137 Å². The van der Waals surface area contributed by atoms with Gasteiger partial charge in [-0.25, -0.2) is 0 Å². The van der Waals surface area contributed by atoms with E-state index in [-0.39, 0.29) is 16.2 Å². The third-order valence-electron chi connectivity index (χ3n) is 9.31. The van der Waals surface area contributed by atoms with Gasteiger partial charge in [-0.3, -0.25) is 0 Å². The molecule has 0 aliphatic rings. The second kappa shape index (κ2) is 11.5. The maximum absolute atomic E-state index is 2.51. The number of para-hydroxylation sites is 2. The van der Waals surface area contributed by atoms with Crippen molar-refractivity contribution in [2.24, 2.45) is 5.41 Å². The third kappa shape index (κ3) is 6.10. The molecule has 0 fully saturated rings. The fourth-order valence-electron chi connectivity index (χ4n) is 6.68. The van der Waals surface area contributed by atoms with Crippen LogP contribution >= 0.6 is 0 Å². The van der Waals surface area contributed by atoms with Gasteiger partial charge in [0.05, 0.1) is 11.0 Å². The summed E-state index contributed by atoms with van der Waals surface area (Å²) in [5.74, 6) is 0. The molecule has 46 heavy (non-hydrogen) atoms. The van der Waals surface area contributed by atoms with Gasteiger partial charge in [0, 0.05) is 44.4 Å². The van der Waals surface area contributed by atoms with Crippen molar-refractivity contribution in [2.45, 2.75) is 86.5 Å². The van der Waals surface area contributed by atoms with E-state index < -0.39 is 0 Å². The molecule has 0 N–H and O–H groups in total. The maximum atomic E-state index is 2.51. The third-order valence-corrected chi connectivity index (χ3v) is 9.31. The van der Waals surface area contributed by atoms with E-state index in [9.17, 15) is 0 Å². The predicted octanol–water partition coefficient (Wildman–Crippen LogP) is 12.2. The molecule has 0 saturated heterocycles. The lowest BCUT2D eigenvalue weighted by Gasteiger charge is -2.27. The van der Waals surface area contributed by atoms with E-state index in [0.29, 0.717) is 0 Å². The number of hydrogen-bond acceptors (Lipinski definition) is 0. The van der Waals surface area contributed by atoms with Crippen LogP contribution in [-0.2, 0) is 17.3 Å². The van der Waals surface area contributed by atoms with Crippen LogP contribution in [0.5, 0.6) is 0 Å². The summed E-state index contributed by atoms with van der Waals surface area (Å²) in [5.41, 5.74) is 12.8. The molecule has 6 rings (SSSR count). The molecule has 0 radical (unpaired) electrons. The van der Waals surface area contributed by atoms with Crippen LogP contribution in [0.1, 0.15) is 90.4 Å². The molecule has 6 aromatic rings. The van der Waals surface area contributed by atoms with Gasteiger partial charge in [0.2, 0.25) is 0 Å². The largest absolute Gasteiger partial charge is 0.313 e. The highest BCUT2D eigenvalue weighted by atomic mass is 15.0. The van der Waals surface area contributed by atoms with Gasteiger partial charge < -0.3 is 9.13 Å². The minimum atomic E-state index is -0.0345. The Morgan fingerprint density at radius 2 is 1.02 bits per heavy atom. The lowest BCUT2D eigenvalue weighted by atomic mass is 9.81. The van der Waals surface area contributed by atoms with Crippen molar-refractivity contribution in [2.75, 3.05) is 0 Å². The van der Waals surface area contributed by atoms with Crippen LogP contribution in [0.15, 0.2) is 109 Å². The second-order valence-electron chi connectivity index (χ2n) is 16.2. The molecule has 0 amide bonds. The van der Waals surface area contributed by atoms with Crippen LogP contribution in [0.4, 0.5) is 0 Å². The summed E-state index contributed by atoms with van der Waals surface area (Å²) in [5, 5.41) is 2.55. The quantitative estimate of drug-likeness (QED) is 0.185. The summed E-state index contributed by atoms with van der Waals surface area (Å²) < 4.78 is 5.01. The van der Waals surface area contributed by atoms with Crippen molar-refractivity contribution in [1.29, 1.82) is 0 Å². The average molecular weight is 607 g/mol. The first-order valence-corrected chi connectivity index (χ1v) is 16.7. The second-order valence-corrected chi connectivity index (χ2v) is 16.2. The molecule has 0 bridgehead atoms. The van der Waals surface area contributed by atoms with Crippen LogP contribution in [0, 0.1) is 12.3 Å². The van der Waals surface area contributed by atoms with Gasteiger partial charge in [0.15, 0.2) is 0 Å². The Kier molecular flexibility index (Phi) is 7.92. The highest BCUT2D eigenvalue weighted by Gasteiger charge is 2.26. The molecular formula is C44H50N2. The number of aromatic nitrogens is 2. The normalized spacial score (nSPS) is 13.2. The fourth-order valence-corrected chi connectivity index (χ4v) is 6.68. The first-order chi connectivity index (χ1) is 21.6. The van der Waals surface area contributed by atoms with Crippen molar-refractivity contribution in [1.82, 2.24) is 9.13 Å². The predicted molar refractivity (Wildman–Crippen MR) is 200 cm³/mol. The number of fused-ring (bicyclic) bond motifs is 2. The Morgan fingerprint density at radius 3 is 1.48 bits per heavy atom. The summed E-state index contributed by atoms with van der Waals surface area (Å²) in [4.78, 5) is 0. The first kappa shape index (κ1) is 31.7. The smallest absolute Gasteiger partial charge is 0.0531 e. The van der Waals surface area contributed by atoms with Crippen LogP contribution in [0.2, 0.25) is 0 Å². The van der Waals surface area contributed by atoms with Crippen molar-refractivity contribution in [3.63, 3.8) is 0 Å². The lowest BCUT2D eigenvalue weighted by Crippen LogP contribution is -2.18. The summed E-state index contributed by atoms with van der Waals surface area (Å²) in [7, 11) is 0. The zero-order chi connectivity index (χ0) is 33.0. The van der Waals surface area contributed by atoms with Gasteiger partial charge in [0.1, 0.15) is 0 Å².